The lowest BCUT2D eigenvalue weighted by Gasteiger charge is -2.28. The van der Waals surface area contributed by atoms with Crippen molar-refractivity contribution in [3.8, 4) is 10.4 Å². The van der Waals surface area contributed by atoms with E-state index in [9.17, 15) is 4.79 Å². The Morgan fingerprint density at radius 3 is 2.38 bits per heavy atom. The molecule has 0 radical (unpaired) electrons. The molecule has 3 aromatic rings. The zero-order valence-electron chi connectivity index (χ0n) is 14.6. The Morgan fingerprint density at radius 1 is 1.00 bits per heavy atom. The number of nitrogens with one attached hydrogen (secondary N) is 1. The van der Waals surface area contributed by atoms with Gasteiger partial charge in [0.2, 0.25) is 0 Å². The van der Waals surface area contributed by atoms with Crippen LogP contribution in [0.1, 0.15) is 0 Å². The van der Waals surface area contributed by atoms with Gasteiger partial charge in [-0.3, -0.25) is 8.75 Å². The van der Waals surface area contributed by atoms with E-state index in [1.807, 2.05) is 42.5 Å². The van der Waals surface area contributed by atoms with Crippen LogP contribution in [0.3, 0.4) is 0 Å². The topological polar surface area (TPSA) is 46.5 Å². The van der Waals surface area contributed by atoms with Crippen molar-refractivity contribution < 1.29 is 4.74 Å². The van der Waals surface area contributed by atoms with E-state index in [1.165, 1.54) is 17.2 Å². The number of morpholine rings is 1. The summed E-state index contributed by atoms with van der Waals surface area (Å²) in [6.07, 6.45) is 0. The number of anilines is 3. The van der Waals surface area contributed by atoms with Gasteiger partial charge in [-0.1, -0.05) is 41.9 Å². The molecule has 0 bridgehead atoms. The second-order valence-corrected chi connectivity index (χ2v) is 7.37. The fraction of sp³-hybridized carbons (Fsp3) is 0.250. The molecule has 0 atom stereocenters. The summed E-state index contributed by atoms with van der Waals surface area (Å²) in [5, 5.41) is 3.32. The Bertz CT molecular complexity index is 926. The van der Waals surface area contributed by atoms with Gasteiger partial charge < -0.3 is 15.0 Å². The molecule has 1 saturated heterocycles. The molecular formula is C20H21N3O2S. The summed E-state index contributed by atoms with van der Waals surface area (Å²) in [7, 11) is 1.80. The number of ether oxygens (including phenoxy) is 1. The van der Waals surface area contributed by atoms with Crippen molar-refractivity contribution in [1.82, 2.24) is 3.96 Å². The monoisotopic (exact) mass is 367 g/mol. The van der Waals surface area contributed by atoms with Crippen LogP contribution in [0.5, 0.6) is 0 Å². The second kappa shape index (κ2) is 7.35. The minimum absolute atomic E-state index is 0.00823. The van der Waals surface area contributed by atoms with Crippen LogP contribution >= 0.6 is 11.5 Å². The van der Waals surface area contributed by atoms with Crippen LogP contribution in [0.4, 0.5) is 17.1 Å². The Balaban J connectivity index is 1.60. The molecule has 1 aliphatic heterocycles. The molecule has 0 unspecified atom stereocenters. The Morgan fingerprint density at radius 2 is 1.69 bits per heavy atom. The zero-order chi connectivity index (χ0) is 17.9. The summed E-state index contributed by atoms with van der Waals surface area (Å²) in [6.45, 7) is 3.36. The zero-order valence-corrected chi connectivity index (χ0v) is 15.5. The molecule has 1 aromatic heterocycles. The van der Waals surface area contributed by atoms with Gasteiger partial charge in [-0.15, -0.1) is 0 Å². The summed E-state index contributed by atoms with van der Waals surface area (Å²) in [5.41, 5.74) is 3.76. The van der Waals surface area contributed by atoms with Crippen molar-refractivity contribution in [2.45, 2.75) is 0 Å². The minimum atomic E-state index is -0.00823. The van der Waals surface area contributed by atoms with Crippen molar-refractivity contribution in [1.29, 1.82) is 0 Å². The van der Waals surface area contributed by atoms with Crippen LogP contribution in [0, 0.1) is 0 Å². The van der Waals surface area contributed by atoms with Crippen LogP contribution in [-0.2, 0) is 11.8 Å². The minimum Gasteiger partial charge on any atom is -0.378 e. The van der Waals surface area contributed by atoms with Crippen LogP contribution in [-0.4, -0.2) is 30.3 Å². The first-order chi connectivity index (χ1) is 12.7. The summed E-state index contributed by atoms with van der Waals surface area (Å²) in [6, 6.07) is 18.2. The normalized spacial score (nSPS) is 14.4. The fourth-order valence-electron chi connectivity index (χ4n) is 3.10. The number of aryl methyl sites for hydroxylation is 1. The second-order valence-electron chi connectivity index (χ2n) is 6.24. The molecule has 0 amide bonds. The Hall–Kier alpha value is -2.57. The van der Waals surface area contributed by atoms with Crippen LogP contribution in [0.25, 0.3) is 10.4 Å². The summed E-state index contributed by atoms with van der Waals surface area (Å²) < 4.78 is 7.06. The van der Waals surface area contributed by atoms with E-state index in [0.717, 1.165) is 42.4 Å². The van der Waals surface area contributed by atoms with Crippen molar-refractivity contribution >= 4 is 28.6 Å². The molecule has 5 nitrogen and oxygen atoms in total. The molecule has 0 aliphatic carbocycles. The van der Waals surface area contributed by atoms with Gasteiger partial charge >= 0.3 is 0 Å². The van der Waals surface area contributed by atoms with Gasteiger partial charge in [0, 0.05) is 31.5 Å². The summed E-state index contributed by atoms with van der Waals surface area (Å²) in [5.74, 6) is 0. The van der Waals surface area contributed by atoms with Crippen LogP contribution in [0.15, 0.2) is 59.4 Å². The number of hydrogen-bond acceptors (Lipinski definition) is 5. The molecule has 134 valence electrons. The van der Waals surface area contributed by atoms with Crippen molar-refractivity contribution in [2.75, 3.05) is 36.5 Å². The molecule has 2 aromatic carbocycles. The molecule has 1 aliphatic rings. The Labute approximate surface area is 156 Å². The smallest absolute Gasteiger partial charge is 0.284 e. The number of hydrogen-bond donors (Lipinski definition) is 1. The third-order valence-corrected chi connectivity index (χ3v) is 5.57. The highest BCUT2D eigenvalue weighted by molar-refractivity contribution is 7.10. The van der Waals surface area contributed by atoms with Crippen molar-refractivity contribution in [3.63, 3.8) is 0 Å². The van der Waals surface area contributed by atoms with E-state index in [0.29, 0.717) is 5.69 Å². The molecule has 0 saturated carbocycles. The number of rotatable bonds is 4. The van der Waals surface area contributed by atoms with Crippen LogP contribution < -0.4 is 15.8 Å². The molecule has 6 heteroatoms. The standard InChI is InChI=1S/C20H21N3O2S/c1-22-20(24)18(19(26-22)15-5-3-2-4-6-15)21-16-7-9-17(10-8-16)23-11-13-25-14-12-23/h2-10,21H,11-14H2,1H3. The molecular weight excluding hydrogens is 346 g/mol. The largest absolute Gasteiger partial charge is 0.378 e. The fourth-order valence-corrected chi connectivity index (χ4v) is 4.02. The third-order valence-electron chi connectivity index (χ3n) is 4.50. The molecule has 2 heterocycles. The molecule has 0 spiro atoms. The first kappa shape index (κ1) is 16.9. The van der Waals surface area contributed by atoms with Gasteiger partial charge in [0.15, 0.2) is 0 Å². The average molecular weight is 367 g/mol. The van der Waals surface area contributed by atoms with E-state index >= 15 is 0 Å². The van der Waals surface area contributed by atoms with Gasteiger partial charge in [0.25, 0.3) is 5.56 Å². The van der Waals surface area contributed by atoms with Gasteiger partial charge in [0.05, 0.1) is 18.1 Å². The molecule has 1 N–H and O–H groups in total. The highest BCUT2D eigenvalue weighted by Gasteiger charge is 2.16. The van der Waals surface area contributed by atoms with Crippen molar-refractivity contribution in [2.24, 2.45) is 7.05 Å². The van der Waals surface area contributed by atoms with Crippen LogP contribution in [0.2, 0.25) is 0 Å². The van der Waals surface area contributed by atoms with Gasteiger partial charge in [-0.2, -0.15) is 0 Å². The molecule has 1 fully saturated rings. The van der Waals surface area contributed by atoms with Crippen molar-refractivity contribution in [3.05, 3.63) is 65.0 Å². The van der Waals surface area contributed by atoms with E-state index in [4.69, 9.17) is 4.74 Å². The summed E-state index contributed by atoms with van der Waals surface area (Å²) >= 11 is 1.46. The summed E-state index contributed by atoms with van der Waals surface area (Å²) in [4.78, 5) is 15.8. The first-order valence-electron chi connectivity index (χ1n) is 8.68. The Kier molecular flexibility index (Phi) is 4.77. The number of benzene rings is 2. The average Bonchev–Trinajstić information content (AvgIpc) is 2.98. The number of nitrogens with zero attached hydrogens (tertiary/aromatic N) is 2. The lowest BCUT2D eigenvalue weighted by atomic mass is 10.1. The van der Waals surface area contributed by atoms with Gasteiger partial charge in [0.1, 0.15) is 5.69 Å². The maximum atomic E-state index is 12.6. The predicted molar refractivity (Wildman–Crippen MR) is 108 cm³/mol. The molecule has 26 heavy (non-hydrogen) atoms. The van der Waals surface area contributed by atoms with E-state index in [1.54, 1.807) is 11.0 Å². The third kappa shape index (κ3) is 3.38. The molecule has 4 rings (SSSR count). The first-order valence-corrected chi connectivity index (χ1v) is 9.45. The highest BCUT2D eigenvalue weighted by Crippen LogP contribution is 2.32. The maximum Gasteiger partial charge on any atom is 0.284 e. The highest BCUT2D eigenvalue weighted by atomic mass is 32.1. The quantitative estimate of drug-likeness (QED) is 0.764. The lowest BCUT2D eigenvalue weighted by Crippen LogP contribution is -2.36. The number of aromatic nitrogens is 1. The van der Waals surface area contributed by atoms with Gasteiger partial charge in [-0.05, 0) is 29.8 Å². The van der Waals surface area contributed by atoms with E-state index < -0.39 is 0 Å². The lowest BCUT2D eigenvalue weighted by molar-refractivity contribution is 0.122. The van der Waals surface area contributed by atoms with Gasteiger partial charge in [-0.25, -0.2) is 0 Å². The van der Waals surface area contributed by atoms with E-state index in [-0.39, 0.29) is 5.56 Å². The maximum absolute atomic E-state index is 12.6. The van der Waals surface area contributed by atoms with E-state index in [2.05, 4.69) is 22.3 Å². The predicted octanol–water partition coefficient (Wildman–Crippen LogP) is 3.69. The SMILES string of the molecule is Cn1sc(-c2ccccc2)c(Nc2ccc(N3CCOCC3)cc2)c1=O.